The highest BCUT2D eigenvalue weighted by atomic mass is 79.9. The summed E-state index contributed by atoms with van der Waals surface area (Å²) in [6.07, 6.45) is 0.826. The molecule has 2 saturated carbocycles. The number of hydrogen-bond acceptors (Lipinski definition) is 7. The van der Waals surface area contributed by atoms with E-state index < -0.39 is 0 Å². The lowest BCUT2D eigenvalue weighted by molar-refractivity contribution is -0.123. The van der Waals surface area contributed by atoms with Gasteiger partial charge in [0, 0.05) is 26.2 Å². The number of H-pyrrole nitrogens is 1. The van der Waals surface area contributed by atoms with Crippen molar-refractivity contribution in [3.8, 4) is 5.75 Å². The van der Waals surface area contributed by atoms with Crippen LogP contribution in [0.3, 0.4) is 0 Å². The molecule has 0 radical (unpaired) electrons. The average molecular weight is 739 g/mol. The number of benzene rings is 4. The average Bonchev–Trinajstić information content (AvgIpc) is 3.83. The van der Waals surface area contributed by atoms with Crippen LogP contribution in [0.1, 0.15) is 22.8 Å². The molecular formula is C37H28BrN3O5S2. The molecule has 11 heteroatoms. The van der Waals surface area contributed by atoms with Crippen LogP contribution in [0.2, 0.25) is 0 Å². The summed E-state index contributed by atoms with van der Waals surface area (Å²) in [5.41, 5.74) is 2.35. The molecule has 3 fully saturated rings. The number of imide groups is 1. The van der Waals surface area contributed by atoms with Crippen molar-refractivity contribution in [3.63, 3.8) is 0 Å². The molecule has 48 heavy (non-hydrogen) atoms. The summed E-state index contributed by atoms with van der Waals surface area (Å²) in [5.74, 6) is -0.539. The lowest BCUT2D eigenvalue weighted by Gasteiger charge is -2.43. The largest absolute Gasteiger partial charge is 0.484 e. The first-order chi connectivity index (χ1) is 23.3. The van der Waals surface area contributed by atoms with E-state index >= 15 is 0 Å². The van der Waals surface area contributed by atoms with Gasteiger partial charge in [-0.3, -0.25) is 24.1 Å². The van der Waals surface area contributed by atoms with E-state index in [0.29, 0.717) is 17.1 Å². The Morgan fingerprint density at radius 1 is 0.896 bits per heavy atom. The van der Waals surface area contributed by atoms with Gasteiger partial charge in [0.15, 0.2) is 6.61 Å². The second-order valence-corrected chi connectivity index (χ2v) is 16.0. The topological polar surface area (TPSA) is 109 Å². The van der Waals surface area contributed by atoms with Crippen LogP contribution in [0, 0.1) is 29.6 Å². The predicted molar refractivity (Wildman–Crippen MR) is 190 cm³/mol. The highest BCUT2D eigenvalue weighted by Gasteiger charge is 2.69. The molecule has 7 atom stereocenters. The van der Waals surface area contributed by atoms with Gasteiger partial charge >= 0.3 is 4.87 Å². The summed E-state index contributed by atoms with van der Waals surface area (Å²) in [6, 6.07) is 28.8. The molecule has 2 N–H and O–H groups in total. The molecule has 240 valence electrons. The van der Waals surface area contributed by atoms with Crippen LogP contribution >= 0.6 is 39.0 Å². The maximum atomic E-state index is 14.0. The van der Waals surface area contributed by atoms with Gasteiger partial charge in [0.1, 0.15) is 5.75 Å². The van der Waals surface area contributed by atoms with E-state index in [1.165, 1.54) is 16.2 Å². The highest BCUT2D eigenvalue weighted by molar-refractivity contribution is 9.10. The van der Waals surface area contributed by atoms with Gasteiger partial charge in [0.05, 0.1) is 22.5 Å². The fourth-order valence-electron chi connectivity index (χ4n) is 8.62. The molecule has 2 aliphatic carbocycles. The number of rotatable bonds is 6. The van der Waals surface area contributed by atoms with E-state index in [1.54, 1.807) is 11.8 Å². The smallest absolute Gasteiger partial charge is 0.305 e. The normalized spacial score (nSPS) is 26.8. The molecule has 8 nitrogen and oxygen atoms in total. The number of aromatic nitrogens is 1. The Kier molecular flexibility index (Phi) is 7.14. The van der Waals surface area contributed by atoms with E-state index in [4.69, 9.17) is 4.74 Å². The van der Waals surface area contributed by atoms with Crippen molar-refractivity contribution in [3.05, 3.63) is 116 Å². The molecule has 6 unspecified atom stereocenters. The molecular weight excluding hydrogens is 710 g/mol. The highest BCUT2D eigenvalue weighted by Crippen LogP contribution is 2.68. The first-order valence-corrected chi connectivity index (χ1v) is 18.4. The van der Waals surface area contributed by atoms with Crippen molar-refractivity contribution >= 4 is 78.9 Å². The second kappa shape index (κ2) is 11.5. The number of anilines is 2. The second-order valence-electron chi connectivity index (χ2n) is 12.9. The monoisotopic (exact) mass is 737 g/mol. The summed E-state index contributed by atoms with van der Waals surface area (Å²) in [4.78, 5) is 58.5. The number of carbonyl (C=O) groups excluding carboxylic acids is 3. The van der Waals surface area contributed by atoms with Gasteiger partial charge in [-0.2, -0.15) is 0 Å². The van der Waals surface area contributed by atoms with Crippen molar-refractivity contribution in [1.29, 1.82) is 0 Å². The fraction of sp³-hybridized carbons (Fsp3) is 0.243. The summed E-state index contributed by atoms with van der Waals surface area (Å²) in [6.45, 7) is -0.141. The number of amides is 3. The van der Waals surface area contributed by atoms with Crippen molar-refractivity contribution in [2.45, 2.75) is 22.6 Å². The van der Waals surface area contributed by atoms with E-state index in [2.05, 4.69) is 26.2 Å². The molecule has 1 saturated heterocycles. The predicted octanol–water partition coefficient (Wildman–Crippen LogP) is 7.05. The lowest BCUT2D eigenvalue weighted by Crippen LogP contribution is -2.42. The van der Waals surface area contributed by atoms with Gasteiger partial charge in [-0.15, -0.1) is 11.8 Å². The molecule has 4 aromatic carbocycles. The lowest BCUT2D eigenvalue weighted by atomic mass is 9.68. The summed E-state index contributed by atoms with van der Waals surface area (Å²) in [5, 5.41) is 6.03. The number of fused-ring (bicyclic) bond motifs is 10. The molecule has 3 heterocycles. The van der Waals surface area contributed by atoms with Gasteiger partial charge in [-0.05, 0) is 89.0 Å². The zero-order valence-electron chi connectivity index (χ0n) is 25.3. The van der Waals surface area contributed by atoms with Crippen LogP contribution < -0.4 is 19.8 Å². The molecule has 3 amide bonds. The fourth-order valence-corrected chi connectivity index (χ4v) is 11.8. The Balaban J connectivity index is 0.955. The minimum absolute atomic E-state index is 0.0273. The third kappa shape index (κ3) is 4.77. The minimum atomic E-state index is -0.364. The van der Waals surface area contributed by atoms with E-state index in [-0.39, 0.29) is 70.0 Å². The Bertz CT molecular complexity index is 2180. The third-order valence-electron chi connectivity index (χ3n) is 10.5. The van der Waals surface area contributed by atoms with Crippen molar-refractivity contribution in [2.75, 3.05) is 16.8 Å². The standard InChI is InChI=1S/C37H28BrN3O5S2/c38-21-8-11-23(12-9-21)41-35(43)30-25-16-26(31(30)36(41)44)32-29(25)28(33-34(47-32)40-37(45)48-33)19-6-13-24(14-7-19)46-17-27(42)39-22-10-5-18-3-1-2-4-20(18)15-22/h1-15,25-26,28-32H,16-17H2,(H,39,42)(H,40,45)/t25?,26?,28-,29?,30?,31?,32?/m1/s1. The molecule has 5 aromatic rings. The Morgan fingerprint density at radius 3 is 2.40 bits per heavy atom. The van der Waals surface area contributed by atoms with Gasteiger partial charge < -0.3 is 15.0 Å². The third-order valence-corrected chi connectivity index (χ3v) is 13.6. The zero-order valence-corrected chi connectivity index (χ0v) is 28.5. The van der Waals surface area contributed by atoms with Crippen molar-refractivity contribution in [1.82, 2.24) is 4.98 Å². The van der Waals surface area contributed by atoms with Crippen LogP contribution in [0.5, 0.6) is 5.75 Å². The summed E-state index contributed by atoms with van der Waals surface area (Å²) in [7, 11) is 0. The van der Waals surface area contributed by atoms with Crippen LogP contribution in [0.25, 0.3) is 10.8 Å². The van der Waals surface area contributed by atoms with Crippen LogP contribution in [-0.4, -0.2) is 34.6 Å². The van der Waals surface area contributed by atoms with E-state index in [0.717, 1.165) is 37.1 Å². The molecule has 9 rings (SSSR count). The van der Waals surface area contributed by atoms with Gasteiger partial charge in [0.25, 0.3) is 5.91 Å². The Morgan fingerprint density at radius 2 is 1.62 bits per heavy atom. The maximum Gasteiger partial charge on any atom is 0.305 e. The molecule has 2 bridgehead atoms. The van der Waals surface area contributed by atoms with Crippen LogP contribution in [-0.2, 0) is 14.4 Å². The van der Waals surface area contributed by atoms with Gasteiger partial charge in [-0.25, -0.2) is 0 Å². The number of thiazole rings is 1. The van der Waals surface area contributed by atoms with Gasteiger partial charge in [-0.1, -0.05) is 69.7 Å². The SMILES string of the molecule is O=C(COc1ccc([C@H]2c3sc(=O)[nH]c3SC3C4CC(C5C(=O)N(c6ccc(Br)cc6)C(=O)C45)C32)cc1)Nc1ccc2ccccc2c1. The molecule has 4 aliphatic rings. The number of nitrogens with one attached hydrogen (secondary N) is 2. The van der Waals surface area contributed by atoms with Crippen molar-refractivity contribution < 1.29 is 19.1 Å². The van der Waals surface area contributed by atoms with Crippen LogP contribution in [0.4, 0.5) is 11.4 Å². The quantitative estimate of drug-likeness (QED) is 0.181. The van der Waals surface area contributed by atoms with Crippen LogP contribution in [0.15, 0.2) is 105 Å². The summed E-state index contributed by atoms with van der Waals surface area (Å²) >= 11 is 6.35. The number of hydrogen-bond donors (Lipinski definition) is 2. The maximum absolute atomic E-state index is 14.0. The number of nitrogens with zero attached hydrogens (tertiary/aromatic N) is 1. The van der Waals surface area contributed by atoms with E-state index in [9.17, 15) is 19.2 Å². The number of thioether (sulfide) groups is 1. The Labute approximate surface area is 292 Å². The number of ether oxygens (including phenoxy) is 1. The number of carbonyl (C=O) groups is 3. The van der Waals surface area contributed by atoms with Gasteiger partial charge in [0.2, 0.25) is 11.8 Å². The Hall–Kier alpha value is -4.19. The molecule has 0 spiro atoms. The summed E-state index contributed by atoms with van der Waals surface area (Å²) < 4.78 is 6.75. The number of halogens is 1. The molecule has 2 aliphatic heterocycles. The molecule has 1 aromatic heterocycles. The van der Waals surface area contributed by atoms with Crippen molar-refractivity contribution in [2.24, 2.45) is 29.6 Å². The first-order valence-electron chi connectivity index (χ1n) is 15.9. The number of aromatic amines is 1. The zero-order chi connectivity index (χ0) is 32.7. The minimum Gasteiger partial charge on any atom is -0.484 e. The first kappa shape index (κ1) is 29.9. The van der Waals surface area contributed by atoms with E-state index in [1.807, 2.05) is 91.0 Å².